The second-order valence-electron chi connectivity index (χ2n) is 7.25. The molecule has 0 aliphatic heterocycles. The molecule has 0 aliphatic rings. The van der Waals surface area contributed by atoms with Crippen molar-refractivity contribution in [2.45, 2.75) is 11.8 Å². The van der Waals surface area contributed by atoms with Gasteiger partial charge < -0.3 is 14.2 Å². The third kappa shape index (κ3) is 6.77. The van der Waals surface area contributed by atoms with E-state index in [0.717, 1.165) is 30.3 Å². The maximum atomic E-state index is 12.7. The van der Waals surface area contributed by atoms with Crippen LogP contribution in [0, 0.1) is 21.4 Å². The van der Waals surface area contributed by atoms with Crippen LogP contribution in [0.15, 0.2) is 83.3 Å². The lowest BCUT2D eigenvalue weighted by Gasteiger charge is -2.10. The first-order chi connectivity index (χ1) is 17.6. The van der Waals surface area contributed by atoms with Crippen LogP contribution < -0.4 is 9.50 Å². The minimum Gasteiger partial charge on any atom is -0.462 e. The third-order valence-corrected chi connectivity index (χ3v) is 6.02. The lowest BCUT2D eigenvalue weighted by Crippen LogP contribution is -2.14. The van der Waals surface area contributed by atoms with Crippen LogP contribution in [0.2, 0.25) is 0 Å². The summed E-state index contributed by atoms with van der Waals surface area (Å²) in [7, 11) is -4.38. The van der Waals surface area contributed by atoms with Crippen LogP contribution in [-0.4, -0.2) is 31.8 Å². The Bertz CT molecular complexity index is 1510. The van der Waals surface area contributed by atoms with Gasteiger partial charge in [-0.2, -0.15) is 13.7 Å². The minimum absolute atomic E-state index is 0.123. The predicted molar refractivity (Wildman–Crippen MR) is 132 cm³/mol. The van der Waals surface area contributed by atoms with Gasteiger partial charge in [0.2, 0.25) is 0 Å². The fourth-order valence-corrected chi connectivity index (χ4v) is 3.94. The number of anilines is 1. The summed E-state index contributed by atoms with van der Waals surface area (Å²) in [5, 5.41) is 22.9. The Morgan fingerprint density at radius 2 is 1.70 bits per heavy atom. The number of nitriles is 1. The van der Waals surface area contributed by atoms with Crippen LogP contribution in [-0.2, 0) is 19.6 Å². The Morgan fingerprint density at radius 3 is 2.30 bits per heavy atom. The van der Waals surface area contributed by atoms with E-state index in [1.807, 2.05) is 0 Å². The van der Waals surface area contributed by atoms with Gasteiger partial charge in [0.25, 0.3) is 11.6 Å². The number of ether oxygens (including phenoxy) is 1. The molecular formula is C25H19N3O8S. The highest BCUT2D eigenvalue weighted by atomic mass is 32.2. The number of carbonyl (C=O) groups is 2. The summed E-state index contributed by atoms with van der Waals surface area (Å²) in [6, 6.07) is 17.5. The van der Waals surface area contributed by atoms with Gasteiger partial charge in [0.05, 0.1) is 17.1 Å². The molecular weight excluding hydrogens is 502 g/mol. The number of esters is 1. The molecule has 3 aromatic rings. The summed E-state index contributed by atoms with van der Waals surface area (Å²) < 4.78 is 35.5. The lowest BCUT2D eigenvalue weighted by molar-refractivity contribution is -0.384. The zero-order valence-corrected chi connectivity index (χ0v) is 20.1. The number of amides is 1. The summed E-state index contributed by atoms with van der Waals surface area (Å²) in [5.41, 5.74) is 0.0822. The zero-order valence-electron chi connectivity index (χ0n) is 19.3. The van der Waals surface area contributed by atoms with Gasteiger partial charge >= 0.3 is 16.1 Å². The fourth-order valence-electron chi connectivity index (χ4n) is 2.98. The molecule has 0 aromatic heterocycles. The molecule has 1 N–H and O–H groups in total. The largest absolute Gasteiger partial charge is 0.462 e. The highest BCUT2D eigenvalue weighted by molar-refractivity contribution is 7.87. The number of benzene rings is 3. The molecule has 188 valence electrons. The molecule has 3 rings (SSSR count). The molecule has 3 aromatic carbocycles. The van der Waals surface area contributed by atoms with Gasteiger partial charge in [-0.3, -0.25) is 14.9 Å². The Labute approximate surface area is 211 Å². The van der Waals surface area contributed by atoms with Gasteiger partial charge in [0, 0.05) is 23.4 Å². The van der Waals surface area contributed by atoms with Gasteiger partial charge in [-0.05, 0) is 55.5 Å². The molecule has 37 heavy (non-hydrogen) atoms. The monoisotopic (exact) mass is 521 g/mol. The molecule has 0 spiro atoms. The zero-order chi connectivity index (χ0) is 27.0. The Balaban J connectivity index is 1.81. The number of nitrogens with one attached hydrogen (secondary N) is 1. The normalized spacial score (nSPS) is 11.2. The van der Waals surface area contributed by atoms with Crippen molar-refractivity contribution in [2.75, 3.05) is 11.9 Å². The van der Waals surface area contributed by atoms with E-state index in [2.05, 4.69) is 5.32 Å². The van der Waals surface area contributed by atoms with E-state index in [4.69, 9.17) is 8.92 Å². The van der Waals surface area contributed by atoms with E-state index in [-0.39, 0.29) is 39.6 Å². The number of nitro groups is 1. The fraction of sp³-hybridized carbons (Fsp3) is 0.0800. The van der Waals surface area contributed by atoms with Crippen LogP contribution in [0.4, 0.5) is 11.4 Å². The number of para-hydroxylation sites is 1. The molecule has 0 saturated heterocycles. The van der Waals surface area contributed by atoms with Crippen molar-refractivity contribution in [1.82, 2.24) is 0 Å². The molecule has 11 nitrogen and oxygen atoms in total. The number of nitrogens with zero attached hydrogens (tertiary/aromatic N) is 2. The summed E-state index contributed by atoms with van der Waals surface area (Å²) in [6.45, 7) is 1.89. The van der Waals surface area contributed by atoms with E-state index in [0.29, 0.717) is 5.69 Å². The molecule has 0 radical (unpaired) electrons. The van der Waals surface area contributed by atoms with E-state index < -0.39 is 26.9 Å². The number of carbonyl (C=O) groups excluding carboxylic acids is 2. The van der Waals surface area contributed by atoms with Gasteiger partial charge in [0.1, 0.15) is 22.3 Å². The van der Waals surface area contributed by atoms with Crippen LogP contribution in [0.25, 0.3) is 6.08 Å². The number of nitro benzene ring substituents is 1. The number of non-ortho nitro benzene ring substituents is 1. The molecule has 1 amide bonds. The summed E-state index contributed by atoms with van der Waals surface area (Å²) in [6.07, 6.45) is 1.16. The topological polar surface area (TPSA) is 166 Å². The predicted octanol–water partition coefficient (Wildman–Crippen LogP) is 4.08. The highest BCUT2D eigenvalue weighted by Crippen LogP contribution is 2.26. The minimum atomic E-state index is -4.38. The van der Waals surface area contributed by atoms with Crippen LogP contribution in [0.5, 0.6) is 5.75 Å². The van der Waals surface area contributed by atoms with Crippen molar-refractivity contribution < 1.29 is 31.9 Å². The molecule has 0 bridgehead atoms. The van der Waals surface area contributed by atoms with Crippen molar-refractivity contribution in [3.63, 3.8) is 0 Å². The highest BCUT2D eigenvalue weighted by Gasteiger charge is 2.20. The van der Waals surface area contributed by atoms with E-state index >= 15 is 0 Å². The smallest absolute Gasteiger partial charge is 0.339 e. The van der Waals surface area contributed by atoms with Crippen molar-refractivity contribution >= 4 is 39.4 Å². The van der Waals surface area contributed by atoms with Crippen LogP contribution >= 0.6 is 0 Å². The SMILES string of the molecule is CCOC(=O)c1ccc(NC(=O)/C(C#N)=C/c2ccccc2OS(=O)(=O)c2ccc([N+](=O)[O-])cc2)cc1. The second kappa shape index (κ2) is 11.6. The second-order valence-corrected chi connectivity index (χ2v) is 8.79. The van der Waals surface area contributed by atoms with Crippen molar-refractivity contribution in [2.24, 2.45) is 0 Å². The molecule has 0 unspecified atom stereocenters. The van der Waals surface area contributed by atoms with Crippen molar-refractivity contribution in [1.29, 1.82) is 5.26 Å². The van der Waals surface area contributed by atoms with Gasteiger partial charge in [0.15, 0.2) is 0 Å². The van der Waals surface area contributed by atoms with Gasteiger partial charge in [-0.25, -0.2) is 4.79 Å². The quantitative estimate of drug-likeness (QED) is 0.109. The van der Waals surface area contributed by atoms with Crippen LogP contribution in [0.3, 0.4) is 0 Å². The summed E-state index contributed by atoms with van der Waals surface area (Å²) >= 11 is 0. The van der Waals surface area contributed by atoms with Crippen molar-refractivity contribution in [3.8, 4) is 11.8 Å². The Kier molecular flexibility index (Phi) is 8.34. The first-order valence-corrected chi connectivity index (χ1v) is 12.0. The molecule has 0 atom stereocenters. The first kappa shape index (κ1) is 26.6. The van der Waals surface area contributed by atoms with Gasteiger partial charge in [-0.1, -0.05) is 18.2 Å². The number of rotatable bonds is 9. The maximum absolute atomic E-state index is 12.7. The number of hydrogen-bond donors (Lipinski definition) is 1. The van der Waals surface area contributed by atoms with Gasteiger partial charge in [-0.15, -0.1) is 0 Å². The average Bonchev–Trinajstić information content (AvgIpc) is 2.88. The maximum Gasteiger partial charge on any atom is 0.339 e. The summed E-state index contributed by atoms with van der Waals surface area (Å²) in [4.78, 5) is 34.2. The molecule has 0 aliphatic carbocycles. The van der Waals surface area contributed by atoms with Crippen LogP contribution in [0.1, 0.15) is 22.8 Å². The third-order valence-electron chi connectivity index (χ3n) is 4.77. The van der Waals surface area contributed by atoms with E-state index in [9.17, 15) is 33.4 Å². The first-order valence-electron chi connectivity index (χ1n) is 10.6. The Morgan fingerprint density at radius 1 is 1.05 bits per heavy atom. The molecule has 12 heteroatoms. The average molecular weight is 522 g/mol. The van der Waals surface area contributed by atoms with Crippen molar-refractivity contribution in [3.05, 3.63) is 99.6 Å². The number of hydrogen-bond acceptors (Lipinski definition) is 9. The lowest BCUT2D eigenvalue weighted by atomic mass is 10.1. The standard InChI is InChI=1S/C25H19N3O8S/c1-2-35-25(30)17-7-9-20(10-8-17)27-24(29)19(16-26)15-18-5-3-4-6-23(18)36-37(33,34)22-13-11-21(12-14-22)28(31)32/h3-15H,2H2,1H3,(H,27,29)/b19-15+. The molecule has 0 fully saturated rings. The molecule has 0 heterocycles. The summed E-state index contributed by atoms with van der Waals surface area (Å²) in [5.74, 6) is -1.46. The molecule has 0 saturated carbocycles. The Hall–Kier alpha value is -5.02. The van der Waals surface area contributed by atoms with E-state index in [1.54, 1.807) is 19.1 Å². The van der Waals surface area contributed by atoms with E-state index in [1.165, 1.54) is 42.5 Å².